The first-order chi connectivity index (χ1) is 10.2. The molecule has 1 aromatic rings. The van der Waals surface area contributed by atoms with Gasteiger partial charge in [-0.25, -0.2) is 9.78 Å². The van der Waals surface area contributed by atoms with E-state index in [2.05, 4.69) is 23.3 Å². The van der Waals surface area contributed by atoms with Gasteiger partial charge in [-0.3, -0.25) is 0 Å². The van der Waals surface area contributed by atoms with Crippen LogP contribution in [0.2, 0.25) is 0 Å². The quantitative estimate of drug-likeness (QED) is 0.908. The zero-order valence-electron chi connectivity index (χ0n) is 14.4. The summed E-state index contributed by atoms with van der Waals surface area (Å²) in [6.07, 6.45) is 2.52. The molecule has 1 aliphatic rings. The number of amides is 1. The van der Waals surface area contributed by atoms with Crippen molar-refractivity contribution in [3.8, 4) is 0 Å². The summed E-state index contributed by atoms with van der Waals surface area (Å²) < 4.78 is 5.47. The van der Waals surface area contributed by atoms with E-state index in [0.29, 0.717) is 6.54 Å². The Labute approximate surface area is 133 Å². The van der Waals surface area contributed by atoms with E-state index in [-0.39, 0.29) is 18.2 Å². The maximum atomic E-state index is 12.2. The summed E-state index contributed by atoms with van der Waals surface area (Å²) in [5, 5.41) is 3.45. The van der Waals surface area contributed by atoms with Gasteiger partial charge in [0.2, 0.25) is 0 Å². The van der Waals surface area contributed by atoms with E-state index in [9.17, 15) is 4.79 Å². The maximum absolute atomic E-state index is 12.2. The molecular weight excluding hydrogens is 278 g/mol. The number of nitrogens with one attached hydrogen (secondary N) is 1. The summed E-state index contributed by atoms with van der Waals surface area (Å²) in [7, 11) is 0. The highest BCUT2D eigenvalue weighted by Gasteiger charge is 2.35. The molecule has 0 unspecified atom stereocenters. The number of rotatable bonds is 2. The van der Waals surface area contributed by atoms with Crippen molar-refractivity contribution < 1.29 is 9.53 Å². The molecule has 0 aromatic carbocycles. The van der Waals surface area contributed by atoms with E-state index >= 15 is 0 Å². The van der Waals surface area contributed by atoms with E-state index in [0.717, 1.165) is 23.4 Å². The average Bonchev–Trinajstić information content (AvgIpc) is 2.72. The van der Waals surface area contributed by atoms with E-state index in [1.165, 1.54) is 0 Å². The number of hydrogen-bond donors (Lipinski definition) is 1. The van der Waals surface area contributed by atoms with Crippen molar-refractivity contribution in [3.05, 3.63) is 23.4 Å². The van der Waals surface area contributed by atoms with Crippen molar-refractivity contribution in [2.75, 3.05) is 11.9 Å². The monoisotopic (exact) mass is 305 g/mol. The molecule has 5 heteroatoms. The third-order valence-electron chi connectivity index (χ3n) is 3.76. The Morgan fingerprint density at radius 2 is 2.09 bits per heavy atom. The fraction of sp³-hybridized carbons (Fsp3) is 0.647. The number of aryl methyl sites for hydroxylation is 2. The lowest BCUT2D eigenvalue weighted by Crippen LogP contribution is -2.39. The second-order valence-corrected chi connectivity index (χ2v) is 7.24. The zero-order chi connectivity index (χ0) is 16.5. The van der Waals surface area contributed by atoms with Crippen LogP contribution in [0.15, 0.2) is 12.3 Å². The highest BCUT2D eigenvalue weighted by Crippen LogP contribution is 2.24. The van der Waals surface area contributed by atoms with Gasteiger partial charge in [0, 0.05) is 24.8 Å². The summed E-state index contributed by atoms with van der Waals surface area (Å²) in [6, 6.07) is 2.48. The number of ether oxygens (including phenoxy) is 1. The summed E-state index contributed by atoms with van der Waals surface area (Å²) in [4.78, 5) is 18.5. The second-order valence-electron chi connectivity index (χ2n) is 7.24. The lowest BCUT2D eigenvalue weighted by atomic mass is 10.1. The normalized spacial score (nSPS) is 21.8. The fourth-order valence-electron chi connectivity index (χ4n) is 2.77. The maximum Gasteiger partial charge on any atom is 0.410 e. The van der Waals surface area contributed by atoms with Crippen LogP contribution in [0, 0.1) is 13.8 Å². The van der Waals surface area contributed by atoms with Crippen LogP contribution in [0.5, 0.6) is 0 Å². The molecule has 1 fully saturated rings. The topological polar surface area (TPSA) is 54.5 Å². The highest BCUT2D eigenvalue weighted by molar-refractivity contribution is 5.69. The van der Waals surface area contributed by atoms with E-state index < -0.39 is 5.60 Å². The first-order valence-electron chi connectivity index (χ1n) is 7.85. The molecule has 2 rings (SSSR count). The zero-order valence-corrected chi connectivity index (χ0v) is 14.4. The van der Waals surface area contributed by atoms with Crippen molar-refractivity contribution in [3.63, 3.8) is 0 Å². The van der Waals surface area contributed by atoms with Crippen LogP contribution in [0.1, 0.15) is 45.2 Å². The Balaban J connectivity index is 2.00. The Morgan fingerprint density at radius 1 is 1.41 bits per heavy atom. The van der Waals surface area contributed by atoms with Crippen LogP contribution < -0.4 is 5.32 Å². The van der Waals surface area contributed by atoms with Gasteiger partial charge in [0.1, 0.15) is 11.4 Å². The summed E-state index contributed by atoms with van der Waals surface area (Å²) in [6.45, 7) is 12.5. The molecule has 0 radical (unpaired) electrons. The highest BCUT2D eigenvalue weighted by atomic mass is 16.6. The number of pyridine rings is 1. The van der Waals surface area contributed by atoms with Crippen molar-refractivity contribution >= 4 is 11.9 Å². The molecule has 122 valence electrons. The van der Waals surface area contributed by atoms with E-state index in [1.54, 1.807) is 4.90 Å². The molecule has 1 saturated heterocycles. The minimum absolute atomic E-state index is 0.165. The van der Waals surface area contributed by atoms with Gasteiger partial charge in [-0.15, -0.1) is 0 Å². The van der Waals surface area contributed by atoms with Gasteiger partial charge >= 0.3 is 6.09 Å². The molecule has 2 atom stereocenters. The summed E-state index contributed by atoms with van der Waals surface area (Å²) in [5.41, 5.74) is 1.82. The van der Waals surface area contributed by atoms with Crippen LogP contribution in [0.25, 0.3) is 0 Å². The SMILES string of the molecule is Cc1cnc(N[C@H]2C[C@H](C)N(C(=O)OC(C)(C)C)C2)c(C)c1. The summed E-state index contributed by atoms with van der Waals surface area (Å²) >= 11 is 0. The van der Waals surface area contributed by atoms with Gasteiger partial charge in [0.15, 0.2) is 0 Å². The molecule has 1 aliphatic heterocycles. The van der Waals surface area contributed by atoms with Crippen LogP contribution >= 0.6 is 0 Å². The number of nitrogens with zero attached hydrogens (tertiary/aromatic N) is 2. The minimum atomic E-state index is -0.461. The van der Waals surface area contributed by atoms with Crippen molar-refractivity contribution in [1.29, 1.82) is 0 Å². The Kier molecular flexibility index (Phi) is 4.63. The molecule has 22 heavy (non-hydrogen) atoms. The standard InChI is InChI=1S/C17H27N3O2/c1-11-7-12(2)15(18-9-11)19-14-8-13(3)20(10-14)16(21)22-17(4,5)6/h7,9,13-14H,8,10H2,1-6H3,(H,18,19)/t13-,14-/m0/s1. The molecule has 1 aromatic heterocycles. The molecule has 0 saturated carbocycles. The van der Waals surface area contributed by atoms with Crippen LogP contribution in [0.4, 0.5) is 10.6 Å². The molecule has 0 bridgehead atoms. The predicted octanol–water partition coefficient (Wildman–Crippen LogP) is 3.51. The lowest BCUT2D eigenvalue weighted by Gasteiger charge is -2.27. The Hall–Kier alpha value is -1.78. The first kappa shape index (κ1) is 16.6. The number of anilines is 1. The van der Waals surface area contributed by atoms with E-state index in [1.807, 2.05) is 40.8 Å². The second kappa shape index (κ2) is 6.15. The number of carbonyl (C=O) groups excluding carboxylic acids is 1. The minimum Gasteiger partial charge on any atom is -0.444 e. The van der Waals surface area contributed by atoms with Crippen molar-refractivity contribution in [1.82, 2.24) is 9.88 Å². The third-order valence-corrected chi connectivity index (χ3v) is 3.76. The fourth-order valence-corrected chi connectivity index (χ4v) is 2.77. The Bertz CT molecular complexity index is 551. The van der Waals surface area contributed by atoms with Gasteiger partial charge in [-0.05, 0) is 59.1 Å². The molecule has 5 nitrogen and oxygen atoms in total. The summed E-state index contributed by atoms with van der Waals surface area (Å²) in [5.74, 6) is 0.897. The molecule has 1 N–H and O–H groups in total. The largest absolute Gasteiger partial charge is 0.444 e. The first-order valence-corrected chi connectivity index (χ1v) is 7.85. The molecular formula is C17H27N3O2. The number of likely N-dealkylation sites (tertiary alicyclic amines) is 1. The van der Waals surface area contributed by atoms with Crippen LogP contribution in [-0.2, 0) is 4.74 Å². The third kappa shape index (κ3) is 4.12. The van der Waals surface area contributed by atoms with Gasteiger partial charge in [0.05, 0.1) is 0 Å². The van der Waals surface area contributed by atoms with Gasteiger partial charge in [-0.2, -0.15) is 0 Å². The van der Waals surface area contributed by atoms with Gasteiger partial charge in [-0.1, -0.05) is 6.07 Å². The molecule has 0 aliphatic carbocycles. The van der Waals surface area contributed by atoms with E-state index in [4.69, 9.17) is 4.74 Å². The predicted molar refractivity (Wildman–Crippen MR) is 88.1 cm³/mol. The van der Waals surface area contributed by atoms with Crippen LogP contribution in [0.3, 0.4) is 0 Å². The number of hydrogen-bond acceptors (Lipinski definition) is 4. The van der Waals surface area contributed by atoms with Gasteiger partial charge < -0.3 is 15.0 Å². The lowest BCUT2D eigenvalue weighted by molar-refractivity contribution is 0.0238. The molecule has 0 spiro atoms. The molecule has 1 amide bonds. The molecule has 2 heterocycles. The smallest absolute Gasteiger partial charge is 0.410 e. The van der Waals surface area contributed by atoms with Crippen LogP contribution in [-0.4, -0.2) is 40.2 Å². The van der Waals surface area contributed by atoms with Gasteiger partial charge in [0.25, 0.3) is 0 Å². The average molecular weight is 305 g/mol. The van der Waals surface area contributed by atoms with Crippen molar-refractivity contribution in [2.24, 2.45) is 0 Å². The Morgan fingerprint density at radius 3 is 2.68 bits per heavy atom. The number of aromatic nitrogens is 1. The number of carbonyl (C=O) groups is 1. The van der Waals surface area contributed by atoms with Crippen molar-refractivity contribution in [2.45, 2.75) is 65.6 Å².